The number of carbonyl (C=O) groups excluding carboxylic acids is 1. The Morgan fingerprint density at radius 2 is 2.12 bits per heavy atom. The number of benzene rings is 1. The Hall–Kier alpha value is -2.37. The molecule has 1 heterocycles. The second-order valence-electron chi connectivity index (χ2n) is 3.56. The number of nitrogens with one attached hydrogen (secondary N) is 3. The van der Waals surface area contributed by atoms with Crippen LogP contribution in [0.5, 0.6) is 0 Å². The largest absolute Gasteiger partial charge is 0.328 e. The minimum absolute atomic E-state index is 0.221. The van der Waals surface area contributed by atoms with Crippen molar-refractivity contribution in [1.29, 1.82) is 0 Å². The Morgan fingerprint density at radius 1 is 1.35 bits per heavy atom. The van der Waals surface area contributed by atoms with Crippen molar-refractivity contribution >= 4 is 11.7 Å². The molecule has 0 aliphatic heterocycles. The zero-order valence-corrected chi connectivity index (χ0v) is 9.34. The van der Waals surface area contributed by atoms with Crippen LogP contribution in [0.2, 0.25) is 0 Å². The van der Waals surface area contributed by atoms with Crippen LogP contribution in [-0.2, 0) is 0 Å². The molecule has 0 radical (unpaired) electrons. The van der Waals surface area contributed by atoms with Crippen LogP contribution in [0, 0.1) is 0 Å². The van der Waals surface area contributed by atoms with Gasteiger partial charge in [0.1, 0.15) is 12.2 Å². The number of amides is 2. The van der Waals surface area contributed by atoms with E-state index in [2.05, 4.69) is 25.8 Å². The van der Waals surface area contributed by atoms with Gasteiger partial charge in [0, 0.05) is 5.69 Å². The van der Waals surface area contributed by atoms with Crippen LogP contribution in [0.15, 0.2) is 36.7 Å². The highest BCUT2D eigenvalue weighted by Crippen LogP contribution is 2.07. The monoisotopic (exact) mass is 231 g/mol. The molecule has 0 spiro atoms. The molecule has 1 aromatic carbocycles. The van der Waals surface area contributed by atoms with Crippen LogP contribution in [-0.4, -0.2) is 21.2 Å². The van der Waals surface area contributed by atoms with Crippen molar-refractivity contribution in [2.45, 2.75) is 13.0 Å². The number of aromatic nitrogens is 3. The highest BCUT2D eigenvalue weighted by molar-refractivity contribution is 5.89. The molecular weight excluding hydrogens is 218 g/mol. The van der Waals surface area contributed by atoms with E-state index in [0.717, 1.165) is 5.69 Å². The van der Waals surface area contributed by atoms with E-state index in [9.17, 15) is 4.79 Å². The summed E-state index contributed by atoms with van der Waals surface area (Å²) >= 11 is 0. The summed E-state index contributed by atoms with van der Waals surface area (Å²) < 4.78 is 0. The molecule has 2 aromatic rings. The summed E-state index contributed by atoms with van der Waals surface area (Å²) in [4.78, 5) is 15.6. The lowest BCUT2D eigenvalue weighted by molar-refractivity contribution is 0.249. The number of hydrogen-bond acceptors (Lipinski definition) is 3. The normalized spacial score (nSPS) is 11.8. The summed E-state index contributed by atoms with van der Waals surface area (Å²) in [5, 5.41) is 11.9. The van der Waals surface area contributed by atoms with Crippen molar-refractivity contribution in [2.75, 3.05) is 5.32 Å². The highest BCUT2D eigenvalue weighted by Gasteiger charge is 2.11. The van der Waals surface area contributed by atoms with Gasteiger partial charge in [-0.1, -0.05) is 18.2 Å². The van der Waals surface area contributed by atoms with E-state index in [-0.39, 0.29) is 12.1 Å². The molecule has 88 valence electrons. The van der Waals surface area contributed by atoms with Crippen LogP contribution >= 0.6 is 0 Å². The fourth-order valence-corrected chi connectivity index (χ4v) is 1.38. The average Bonchev–Trinajstić information content (AvgIpc) is 2.83. The molecule has 17 heavy (non-hydrogen) atoms. The van der Waals surface area contributed by atoms with Gasteiger partial charge in [-0.05, 0) is 19.1 Å². The summed E-state index contributed by atoms with van der Waals surface area (Å²) in [6.45, 7) is 1.82. The van der Waals surface area contributed by atoms with E-state index in [0.29, 0.717) is 5.82 Å². The number of urea groups is 1. The first-order chi connectivity index (χ1) is 8.25. The fourth-order valence-electron chi connectivity index (χ4n) is 1.38. The molecule has 1 atom stereocenters. The number of H-pyrrole nitrogens is 1. The minimum atomic E-state index is -0.278. The Kier molecular flexibility index (Phi) is 3.34. The van der Waals surface area contributed by atoms with Crippen molar-refractivity contribution in [3.05, 3.63) is 42.5 Å². The summed E-state index contributed by atoms with van der Waals surface area (Å²) in [5.74, 6) is 0.619. The highest BCUT2D eigenvalue weighted by atomic mass is 16.2. The SMILES string of the molecule is CC(NC(=O)Nc1ccccc1)c1ncn[nH]1. The average molecular weight is 231 g/mol. The van der Waals surface area contributed by atoms with Gasteiger partial charge < -0.3 is 10.6 Å². The number of hydrogen-bond donors (Lipinski definition) is 3. The van der Waals surface area contributed by atoms with E-state index in [1.54, 1.807) is 0 Å². The smallest absolute Gasteiger partial charge is 0.319 e. The van der Waals surface area contributed by atoms with Gasteiger partial charge in [0.2, 0.25) is 0 Å². The lowest BCUT2D eigenvalue weighted by Crippen LogP contribution is -2.31. The first-order valence-electron chi connectivity index (χ1n) is 5.23. The Labute approximate surface area is 98.5 Å². The van der Waals surface area contributed by atoms with Crippen LogP contribution in [0.25, 0.3) is 0 Å². The summed E-state index contributed by atoms with van der Waals surface area (Å²) in [7, 11) is 0. The van der Waals surface area contributed by atoms with E-state index < -0.39 is 0 Å². The quantitative estimate of drug-likeness (QED) is 0.751. The molecule has 0 saturated heterocycles. The number of carbonyl (C=O) groups is 1. The molecule has 3 N–H and O–H groups in total. The summed E-state index contributed by atoms with van der Waals surface area (Å²) in [6.07, 6.45) is 1.41. The number of para-hydroxylation sites is 1. The van der Waals surface area contributed by atoms with Crippen LogP contribution < -0.4 is 10.6 Å². The van der Waals surface area contributed by atoms with E-state index in [4.69, 9.17) is 0 Å². The lowest BCUT2D eigenvalue weighted by atomic mass is 10.3. The molecule has 0 aliphatic rings. The molecule has 0 aliphatic carbocycles. The van der Waals surface area contributed by atoms with Crippen LogP contribution in [0.1, 0.15) is 18.8 Å². The predicted octanol–water partition coefficient (Wildman–Crippen LogP) is 1.69. The molecule has 0 bridgehead atoms. The van der Waals surface area contributed by atoms with E-state index in [1.807, 2.05) is 37.3 Å². The third kappa shape index (κ3) is 3.04. The molecule has 0 saturated carbocycles. The number of nitrogens with zero attached hydrogens (tertiary/aromatic N) is 2. The van der Waals surface area contributed by atoms with E-state index >= 15 is 0 Å². The number of rotatable bonds is 3. The summed E-state index contributed by atoms with van der Waals surface area (Å²) in [5.41, 5.74) is 0.745. The standard InChI is InChI=1S/C11H13N5O/c1-8(10-12-7-13-16-10)14-11(17)15-9-5-3-2-4-6-9/h2-8H,1H3,(H,12,13,16)(H2,14,15,17). The predicted molar refractivity (Wildman–Crippen MR) is 63.4 cm³/mol. The molecule has 2 amide bonds. The van der Waals surface area contributed by atoms with Gasteiger partial charge in [-0.2, -0.15) is 5.10 Å². The van der Waals surface area contributed by atoms with Gasteiger partial charge in [-0.15, -0.1) is 0 Å². The second-order valence-corrected chi connectivity index (χ2v) is 3.56. The second kappa shape index (κ2) is 5.11. The van der Waals surface area contributed by atoms with Crippen LogP contribution in [0.3, 0.4) is 0 Å². The van der Waals surface area contributed by atoms with E-state index in [1.165, 1.54) is 6.33 Å². The Balaban J connectivity index is 1.90. The van der Waals surface area contributed by atoms with Gasteiger partial charge in [-0.25, -0.2) is 9.78 Å². The third-order valence-corrected chi connectivity index (χ3v) is 2.22. The molecule has 2 rings (SSSR count). The van der Waals surface area contributed by atoms with Crippen LogP contribution in [0.4, 0.5) is 10.5 Å². The van der Waals surface area contributed by atoms with Crippen molar-refractivity contribution < 1.29 is 4.79 Å². The van der Waals surface area contributed by atoms with Gasteiger partial charge in [0.15, 0.2) is 0 Å². The van der Waals surface area contributed by atoms with Gasteiger partial charge in [-0.3, -0.25) is 5.10 Å². The van der Waals surface area contributed by atoms with Crippen molar-refractivity contribution in [1.82, 2.24) is 20.5 Å². The van der Waals surface area contributed by atoms with Gasteiger partial charge in [0.05, 0.1) is 6.04 Å². The van der Waals surface area contributed by atoms with Crippen molar-refractivity contribution in [3.8, 4) is 0 Å². The molecule has 6 nitrogen and oxygen atoms in total. The minimum Gasteiger partial charge on any atom is -0.328 e. The zero-order chi connectivity index (χ0) is 12.1. The maximum Gasteiger partial charge on any atom is 0.319 e. The molecule has 6 heteroatoms. The first kappa shape index (κ1) is 11.1. The summed E-state index contributed by atoms with van der Waals surface area (Å²) in [6, 6.07) is 8.74. The van der Waals surface area contributed by atoms with Crippen molar-refractivity contribution in [2.24, 2.45) is 0 Å². The maximum atomic E-state index is 11.6. The number of anilines is 1. The molecule has 1 unspecified atom stereocenters. The van der Waals surface area contributed by atoms with Gasteiger partial charge in [0.25, 0.3) is 0 Å². The Morgan fingerprint density at radius 3 is 2.76 bits per heavy atom. The topological polar surface area (TPSA) is 82.7 Å². The lowest BCUT2D eigenvalue weighted by Gasteiger charge is -2.11. The van der Waals surface area contributed by atoms with Crippen molar-refractivity contribution in [3.63, 3.8) is 0 Å². The third-order valence-electron chi connectivity index (χ3n) is 2.22. The molecule has 0 fully saturated rings. The zero-order valence-electron chi connectivity index (χ0n) is 9.34. The molecule has 1 aromatic heterocycles. The maximum absolute atomic E-state index is 11.6. The number of aromatic amines is 1. The van der Waals surface area contributed by atoms with Gasteiger partial charge >= 0.3 is 6.03 Å². The Bertz CT molecular complexity index is 468. The first-order valence-corrected chi connectivity index (χ1v) is 5.23. The fraction of sp³-hybridized carbons (Fsp3) is 0.182. The molecular formula is C11H13N5O.